The van der Waals surface area contributed by atoms with E-state index < -0.39 is 4.92 Å². The molecule has 2 heterocycles. The van der Waals surface area contributed by atoms with Gasteiger partial charge in [0.05, 0.1) is 11.1 Å². The minimum Gasteiger partial charge on any atom is -0.354 e. The lowest BCUT2D eigenvalue weighted by atomic mass is 10.5. The van der Waals surface area contributed by atoms with Crippen molar-refractivity contribution >= 4 is 23.4 Å². The standard InChI is InChI=1S/C11H12N6O2S/c1-2-3-14-11-15-6-8(17(18)19)10(16-11)20-9-7-12-4-5-13-9/h4-7H,2-3H2,1H3,(H,14,15,16). The molecule has 0 aliphatic rings. The van der Waals surface area contributed by atoms with Gasteiger partial charge < -0.3 is 5.32 Å². The molecule has 0 radical (unpaired) electrons. The average molecular weight is 292 g/mol. The molecule has 0 saturated heterocycles. The number of nitrogens with one attached hydrogen (secondary N) is 1. The summed E-state index contributed by atoms with van der Waals surface area (Å²) < 4.78 is 0. The van der Waals surface area contributed by atoms with Crippen LogP contribution in [-0.2, 0) is 0 Å². The van der Waals surface area contributed by atoms with Crippen LogP contribution < -0.4 is 5.32 Å². The second-order valence-electron chi connectivity index (χ2n) is 3.71. The lowest BCUT2D eigenvalue weighted by Gasteiger charge is -2.05. The summed E-state index contributed by atoms with van der Waals surface area (Å²) in [6, 6.07) is 0. The first-order valence-corrected chi connectivity index (χ1v) is 6.71. The van der Waals surface area contributed by atoms with E-state index in [0.29, 0.717) is 17.5 Å². The Hall–Kier alpha value is -2.29. The van der Waals surface area contributed by atoms with Gasteiger partial charge in [-0.05, 0) is 18.2 Å². The molecular weight excluding hydrogens is 280 g/mol. The largest absolute Gasteiger partial charge is 0.354 e. The number of aromatic nitrogens is 4. The molecule has 0 saturated carbocycles. The average Bonchev–Trinajstić information content (AvgIpc) is 2.46. The van der Waals surface area contributed by atoms with Crippen LogP contribution in [0.25, 0.3) is 0 Å². The van der Waals surface area contributed by atoms with Crippen molar-refractivity contribution < 1.29 is 4.92 Å². The Morgan fingerprint density at radius 3 is 2.85 bits per heavy atom. The SMILES string of the molecule is CCCNc1ncc([N+](=O)[O-])c(Sc2cnccn2)n1. The molecule has 0 aliphatic carbocycles. The Kier molecular flexibility index (Phi) is 4.77. The third-order valence-corrected chi connectivity index (χ3v) is 3.12. The highest BCUT2D eigenvalue weighted by Gasteiger charge is 2.19. The van der Waals surface area contributed by atoms with Crippen LogP contribution in [0.5, 0.6) is 0 Å². The molecule has 0 aromatic carbocycles. The number of nitrogens with zero attached hydrogens (tertiary/aromatic N) is 5. The van der Waals surface area contributed by atoms with E-state index in [4.69, 9.17) is 0 Å². The van der Waals surface area contributed by atoms with Gasteiger partial charge in [-0.2, -0.15) is 4.98 Å². The van der Waals surface area contributed by atoms with Crippen molar-refractivity contribution in [1.82, 2.24) is 19.9 Å². The normalized spacial score (nSPS) is 10.2. The third-order valence-electron chi connectivity index (χ3n) is 2.21. The van der Waals surface area contributed by atoms with Crippen LogP contribution in [0, 0.1) is 10.1 Å². The third kappa shape index (κ3) is 3.60. The summed E-state index contributed by atoms with van der Waals surface area (Å²) in [5.41, 5.74) is -0.150. The van der Waals surface area contributed by atoms with E-state index in [9.17, 15) is 10.1 Å². The van der Waals surface area contributed by atoms with Crippen LogP contribution >= 0.6 is 11.8 Å². The molecule has 2 rings (SSSR count). The molecule has 2 aromatic rings. The summed E-state index contributed by atoms with van der Waals surface area (Å²) >= 11 is 1.08. The van der Waals surface area contributed by atoms with Gasteiger partial charge >= 0.3 is 5.69 Å². The highest BCUT2D eigenvalue weighted by Crippen LogP contribution is 2.31. The maximum Gasteiger partial charge on any atom is 0.320 e. The van der Waals surface area contributed by atoms with Gasteiger partial charge in [0.2, 0.25) is 5.95 Å². The highest BCUT2D eigenvalue weighted by molar-refractivity contribution is 7.99. The smallest absolute Gasteiger partial charge is 0.320 e. The molecule has 104 valence electrons. The van der Waals surface area contributed by atoms with Gasteiger partial charge in [-0.3, -0.25) is 15.1 Å². The van der Waals surface area contributed by atoms with Crippen molar-refractivity contribution in [2.24, 2.45) is 0 Å². The topological polar surface area (TPSA) is 107 Å². The van der Waals surface area contributed by atoms with Gasteiger partial charge in [0.1, 0.15) is 11.2 Å². The fourth-order valence-corrected chi connectivity index (χ4v) is 2.11. The van der Waals surface area contributed by atoms with E-state index in [1.807, 2.05) is 6.92 Å². The maximum absolute atomic E-state index is 11.0. The summed E-state index contributed by atoms with van der Waals surface area (Å²) in [5, 5.41) is 14.8. The Bertz CT molecular complexity index is 595. The molecule has 0 unspecified atom stereocenters. The summed E-state index contributed by atoms with van der Waals surface area (Å²) in [7, 11) is 0. The van der Waals surface area contributed by atoms with Crippen LogP contribution in [-0.4, -0.2) is 31.4 Å². The van der Waals surface area contributed by atoms with Gasteiger partial charge in [0.15, 0.2) is 5.03 Å². The number of hydrogen-bond acceptors (Lipinski definition) is 8. The Morgan fingerprint density at radius 2 is 2.20 bits per heavy atom. The zero-order chi connectivity index (χ0) is 14.4. The second-order valence-corrected chi connectivity index (χ2v) is 4.72. The highest BCUT2D eigenvalue weighted by atomic mass is 32.2. The van der Waals surface area contributed by atoms with E-state index >= 15 is 0 Å². The van der Waals surface area contributed by atoms with Crippen molar-refractivity contribution in [1.29, 1.82) is 0 Å². The lowest BCUT2D eigenvalue weighted by molar-refractivity contribution is -0.388. The summed E-state index contributed by atoms with van der Waals surface area (Å²) in [6.45, 7) is 2.71. The Balaban J connectivity index is 2.29. The first kappa shape index (κ1) is 14.1. The van der Waals surface area contributed by atoms with Gasteiger partial charge in [-0.25, -0.2) is 9.97 Å². The van der Waals surface area contributed by atoms with Gasteiger partial charge in [-0.15, -0.1) is 0 Å². The Morgan fingerprint density at radius 1 is 1.35 bits per heavy atom. The molecule has 1 N–H and O–H groups in total. The number of anilines is 1. The number of hydrogen-bond donors (Lipinski definition) is 1. The predicted molar refractivity (Wildman–Crippen MR) is 73.6 cm³/mol. The van der Waals surface area contributed by atoms with Crippen LogP contribution in [0.4, 0.5) is 11.6 Å². The molecule has 0 bridgehead atoms. The summed E-state index contributed by atoms with van der Waals surface area (Å²) in [4.78, 5) is 26.5. The van der Waals surface area contributed by atoms with E-state index in [0.717, 1.165) is 18.2 Å². The monoisotopic (exact) mass is 292 g/mol. The first-order chi connectivity index (χ1) is 9.70. The zero-order valence-corrected chi connectivity index (χ0v) is 11.5. The van der Waals surface area contributed by atoms with Crippen molar-refractivity contribution in [3.8, 4) is 0 Å². The van der Waals surface area contributed by atoms with Crippen LogP contribution in [0.2, 0.25) is 0 Å². The zero-order valence-electron chi connectivity index (χ0n) is 10.7. The fraction of sp³-hybridized carbons (Fsp3) is 0.273. The molecule has 0 amide bonds. The molecule has 20 heavy (non-hydrogen) atoms. The Labute approximate surface area is 119 Å². The lowest BCUT2D eigenvalue weighted by Crippen LogP contribution is -2.06. The van der Waals surface area contributed by atoms with Gasteiger partial charge in [0.25, 0.3) is 0 Å². The fourth-order valence-electron chi connectivity index (χ4n) is 1.32. The van der Waals surface area contributed by atoms with E-state index in [2.05, 4.69) is 25.3 Å². The molecule has 8 nitrogen and oxygen atoms in total. The van der Waals surface area contributed by atoms with E-state index in [1.54, 1.807) is 0 Å². The molecular formula is C11H12N6O2S. The molecule has 0 aliphatic heterocycles. The maximum atomic E-state index is 11.0. The number of nitro groups is 1. The van der Waals surface area contributed by atoms with Crippen molar-refractivity contribution in [3.63, 3.8) is 0 Å². The van der Waals surface area contributed by atoms with Gasteiger partial charge in [0, 0.05) is 18.9 Å². The van der Waals surface area contributed by atoms with Crippen molar-refractivity contribution in [2.75, 3.05) is 11.9 Å². The van der Waals surface area contributed by atoms with E-state index in [-0.39, 0.29) is 10.7 Å². The summed E-state index contributed by atoms with van der Waals surface area (Å²) in [5.74, 6) is 0.365. The van der Waals surface area contributed by atoms with Crippen LogP contribution in [0.1, 0.15) is 13.3 Å². The molecule has 2 aromatic heterocycles. The summed E-state index contributed by atoms with van der Waals surface area (Å²) in [6.07, 6.45) is 6.69. The van der Waals surface area contributed by atoms with E-state index in [1.165, 1.54) is 24.8 Å². The van der Waals surface area contributed by atoms with Crippen LogP contribution in [0.3, 0.4) is 0 Å². The number of rotatable bonds is 6. The first-order valence-electron chi connectivity index (χ1n) is 5.90. The van der Waals surface area contributed by atoms with Gasteiger partial charge in [-0.1, -0.05) is 6.92 Å². The minimum atomic E-state index is -0.512. The quantitative estimate of drug-likeness (QED) is 0.490. The molecule has 0 fully saturated rings. The molecule has 0 spiro atoms. The van der Waals surface area contributed by atoms with Crippen molar-refractivity contribution in [3.05, 3.63) is 34.9 Å². The molecule has 0 atom stereocenters. The second kappa shape index (κ2) is 6.75. The molecule has 9 heteroatoms. The van der Waals surface area contributed by atoms with Crippen LogP contribution in [0.15, 0.2) is 34.8 Å². The van der Waals surface area contributed by atoms with Crippen molar-refractivity contribution in [2.45, 2.75) is 23.4 Å². The predicted octanol–water partition coefficient (Wildman–Crippen LogP) is 2.15. The minimum absolute atomic E-state index is 0.150.